The third kappa shape index (κ3) is 12.8. The van der Waals surface area contributed by atoms with Crippen molar-refractivity contribution in [2.45, 2.75) is 32.7 Å². The molecule has 1 atom stereocenters. The molecule has 0 aromatic carbocycles. The molecule has 0 rings (SSSR count). The zero-order chi connectivity index (χ0) is 12.9. The van der Waals surface area contributed by atoms with Gasteiger partial charge >= 0.3 is 0 Å². The molecule has 18 heavy (non-hydrogen) atoms. The Kier molecular flexibility index (Phi) is 17.6. The fourth-order valence-electron chi connectivity index (χ4n) is 1.39. The number of rotatable bonds is 9. The Bertz CT molecular complexity index is 206. The summed E-state index contributed by atoms with van der Waals surface area (Å²) in [4.78, 5) is 4.54. The molecule has 6 heteroatoms. The zero-order valence-corrected chi connectivity index (χ0v) is 15.1. The second kappa shape index (κ2) is 15.4. The number of ether oxygens (including phenoxy) is 1. The summed E-state index contributed by atoms with van der Waals surface area (Å²) in [5.41, 5.74) is 0. The predicted octanol–water partition coefficient (Wildman–Crippen LogP) is 2.34. The maximum atomic E-state index is 5.09. The highest BCUT2D eigenvalue weighted by atomic mass is 127. The summed E-state index contributed by atoms with van der Waals surface area (Å²) < 4.78 is 5.09. The normalized spacial score (nSPS) is 12.8. The summed E-state index contributed by atoms with van der Waals surface area (Å²) in [5, 5.41) is 6.56. The Morgan fingerprint density at radius 1 is 1.39 bits per heavy atom. The second-order valence-electron chi connectivity index (χ2n) is 3.96. The van der Waals surface area contributed by atoms with Gasteiger partial charge in [0.2, 0.25) is 0 Å². The van der Waals surface area contributed by atoms with Gasteiger partial charge in [0.05, 0.1) is 6.61 Å². The van der Waals surface area contributed by atoms with Crippen LogP contribution in [0.15, 0.2) is 4.99 Å². The van der Waals surface area contributed by atoms with Crippen LogP contribution in [0.3, 0.4) is 0 Å². The molecule has 0 aliphatic heterocycles. The van der Waals surface area contributed by atoms with E-state index in [1.807, 2.05) is 11.8 Å². The van der Waals surface area contributed by atoms with Crippen molar-refractivity contribution < 1.29 is 4.74 Å². The average Bonchev–Trinajstić information content (AvgIpc) is 2.29. The van der Waals surface area contributed by atoms with E-state index in [9.17, 15) is 0 Å². The van der Waals surface area contributed by atoms with Gasteiger partial charge in [0.15, 0.2) is 5.96 Å². The molecule has 4 nitrogen and oxygen atoms in total. The molecule has 0 fully saturated rings. The van der Waals surface area contributed by atoms with Gasteiger partial charge in [-0.15, -0.1) is 24.0 Å². The monoisotopic (exact) mass is 389 g/mol. The molecule has 0 heterocycles. The molecule has 0 aromatic rings. The van der Waals surface area contributed by atoms with Gasteiger partial charge in [0, 0.05) is 26.2 Å². The molecule has 0 saturated heterocycles. The molecule has 2 N–H and O–H groups in total. The highest BCUT2D eigenvalue weighted by Gasteiger charge is 2.03. The standard InChI is InChI=1S/C12H27N3OS.HI/c1-5-13-12(15-11(2)10-16-3)14-8-6-7-9-17-4;/h11H,5-10H2,1-4H3,(H2,13,14,15);1H. The van der Waals surface area contributed by atoms with E-state index in [0.29, 0.717) is 6.61 Å². The number of hydrogen-bond donors (Lipinski definition) is 2. The van der Waals surface area contributed by atoms with E-state index in [0.717, 1.165) is 25.5 Å². The first-order valence-corrected chi connectivity index (χ1v) is 7.66. The average molecular weight is 389 g/mol. The Hall–Kier alpha value is 0.310. The van der Waals surface area contributed by atoms with E-state index in [1.165, 1.54) is 12.2 Å². The van der Waals surface area contributed by atoms with Gasteiger partial charge in [-0.3, -0.25) is 4.99 Å². The van der Waals surface area contributed by atoms with Gasteiger partial charge in [0.25, 0.3) is 0 Å². The largest absolute Gasteiger partial charge is 0.383 e. The van der Waals surface area contributed by atoms with E-state index in [2.05, 4.69) is 35.7 Å². The molecule has 0 aromatic heterocycles. The van der Waals surface area contributed by atoms with Crippen LogP contribution in [-0.2, 0) is 4.74 Å². The Morgan fingerprint density at radius 2 is 2.11 bits per heavy atom. The molecule has 0 amide bonds. The van der Waals surface area contributed by atoms with Crippen LogP contribution in [0.1, 0.15) is 26.7 Å². The van der Waals surface area contributed by atoms with Gasteiger partial charge in [-0.05, 0) is 38.7 Å². The number of hydrogen-bond acceptors (Lipinski definition) is 3. The van der Waals surface area contributed by atoms with Crippen molar-refractivity contribution in [1.82, 2.24) is 10.6 Å². The first-order chi connectivity index (χ1) is 8.24. The summed E-state index contributed by atoms with van der Waals surface area (Å²) in [6.07, 6.45) is 4.52. The topological polar surface area (TPSA) is 45.7 Å². The minimum Gasteiger partial charge on any atom is -0.383 e. The summed E-state index contributed by atoms with van der Waals surface area (Å²) in [7, 11) is 1.71. The summed E-state index contributed by atoms with van der Waals surface area (Å²) >= 11 is 1.89. The number of thioether (sulfide) groups is 1. The van der Waals surface area contributed by atoms with Crippen LogP contribution in [-0.4, -0.2) is 50.8 Å². The molecular weight excluding hydrogens is 361 g/mol. The number of nitrogens with one attached hydrogen (secondary N) is 2. The number of unbranched alkanes of at least 4 members (excludes halogenated alkanes) is 1. The van der Waals surface area contributed by atoms with Crippen molar-refractivity contribution in [3.8, 4) is 0 Å². The lowest BCUT2D eigenvalue weighted by molar-refractivity contribution is 0.179. The van der Waals surface area contributed by atoms with Crippen LogP contribution >= 0.6 is 35.7 Å². The number of aliphatic imine (C=N–C) groups is 1. The fourth-order valence-corrected chi connectivity index (χ4v) is 1.89. The zero-order valence-electron chi connectivity index (χ0n) is 12.0. The van der Waals surface area contributed by atoms with Crippen LogP contribution in [0.2, 0.25) is 0 Å². The molecule has 1 unspecified atom stereocenters. The van der Waals surface area contributed by atoms with Gasteiger partial charge < -0.3 is 15.4 Å². The third-order valence-electron chi connectivity index (χ3n) is 2.17. The minimum atomic E-state index is 0. The van der Waals surface area contributed by atoms with Gasteiger partial charge in [-0.25, -0.2) is 0 Å². The summed E-state index contributed by atoms with van der Waals surface area (Å²) in [6.45, 7) is 6.62. The first-order valence-electron chi connectivity index (χ1n) is 6.27. The predicted molar refractivity (Wildman–Crippen MR) is 93.5 cm³/mol. The number of halogens is 1. The van der Waals surface area contributed by atoms with Crippen LogP contribution < -0.4 is 10.6 Å². The van der Waals surface area contributed by atoms with Gasteiger partial charge in [-0.1, -0.05) is 0 Å². The summed E-state index contributed by atoms with van der Waals surface area (Å²) in [5.74, 6) is 2.11. The van der Waals surface area contributed by atoms with E-state index in [4.69, 9.17) is 4.74 Å². The number of nitrogens with zero attached hydrogens (tertiary/aromatic N) is 1. The van der Waals surface area contributed by atoms with E-state index in [-0.39, 0.29) is 30.0 Å². The smallest absolute Gasteiger partial charge is 0.191 e. The quantitative estimate of drug-likeness (QED) is 0.275. The Labute approximate surface area is 133 Å². The maximum absolute atomic E-state index is 5.09. The van der Waals surface area contributed by atoms with E-state index >= 15 is 0 Å². The molecule has 0 spiro atoms. The van der Waals surface area contributed by atoms with Gasteiger partial charge in [0.1, 0.15) is 0 Å². The molecule has 0 radical (unpaired) electrons. The van der Waals surface area contributed by atoms with Crippen molar-refractivity contribution in [2.24, 2.45) is 4.99 Å². The minimum absolute atomic E-state index is 0. The molecular formula is C12H28IN3OS. The third-order valence-corrected chi connectivity index (χ3v) is 2.87. The van der Waals surface area contributed by atoms with Crippen molar-refractivity contribution in [3.63, 3.8) is 0 Å². The van der Waals surface area contributed by atoms with E-state index in [1.54, 1.807) is 7.11 Å². The second-order valence-corrected chi connectivity index (χ2v) is 4.95. The first kappa shape index (κ1) is 20.6. The Morgan fingerprint density at radius 3 is 2.67 bits per heavy atom. The van der Waals surface area contributed by atoms with Crippen molar-refractivity contribution in [1.29, 1.82) is 0 Å². The molecule has 0 saturated carbocycles. The van der Waals surface area contributed by atoms with Crippen molar-refractivity contribution >= 4 is 41.7 Å². The molecule has 0 aliphatic carbocycles. The Balaban J connectivity index is 0. The lowest BCUT2D eigenvalue weighted by Crippen LogP contribution is -2.44. The lowest BCUT2D eigenvalue weighted by Gasteiger charge is -2.16. The number of guanidine groups is 1. The molecule has 0 aliphatic rings. The number of methoxy groups -OCH3 is 1. The van der Waals surface area contributed by atoms with Crippen molar-refractivity contribution in [2.75, 3.05) is 38.8 Å². The molecule has 110 valence electrons. The van der Waals surface area contributed by atoms with Gasteiger partial charge in [-0.2, -0.15) is 11.8 Å². The summed E-state index contributed by atoms with van der Waals surface area (Å²) in [6, 6.07) is 0.281. The highest BCUT2D eigenvalue weighted by molar-refractivity contribution is 14.0. The van der Waals surface area contributed by atoms with Crippen molar-refractivity contribution in [3.05, 3.63) is 0 Å². The van der Waals surface area contributed by atoms with Crippen LogP contribution in [0, 0.1) is 0 Å². The van der Waals surface area contributed by atoms with Crippen LogP contribution in [0.4, 0.5) is 0 Å². The van der Waals surface area contributed by atoms with E-state index < -0.39 is 0 Å². The highest BCUT2D eigenvalue weighted by Crippen LogP contribution is 1.99. The lowest BCUT2D eigenvalue weighted by atomic mass is 10.3. The fraction of sp³-hybridized carbons (Fsp3) is 0.917. The SMILES string of the molecule is CCNC(=NCCCCSC)NC(C)COC.I. The van der Waals surface area contributed by atoms with Crippen LogP contribution in [0.25, 0.3) is 0 Å². The van der Waals surface area contributed by atoms with Crippen LogP contribution in [0.5, 0.6) is 0 Å². The maximum Gasteiger partial charge on any atom is 0.191 e. The molecule has 0 bridgehead atoms.